The molecule has 3 rings (SSSR count). The van der Waals surface area contributed by atoms with E-state index in [9.17, 15) is 4.79 Å². The Balaban J connectivity index is 1.68. The Bertz CT molecular complexity index is 810. The van der Waals surface area contributed by atoms with Crippen molar-refractivity contribution in [1.29, 1.82) is 0 Å². The molecule has 23 heavy (non-hydrogen) atoms. The Labute approximate surface area is 133 Å². The number of benzene rings is 1. The topological polar surface area (TPSA) is 95.6 Å². The molecule has 0 aliphatic carbocycles. The van der Waals surface area contributed by atoms with E-state index in [2.05, 4.69) is 30.8 Å². The summed E-state index contributed by atoms with van der Waals surface area (Å²) >= 11 is 0. The molecule has 2 heterocycles. The second kappa shape index (κ2) is 6.27. The van der Waals surface area contributed by atoms with E-state index in [4.69, 9.17) is 0 Å². The molecule has 3 N–H and O–H groups in total. The number of aromatic nitrogens is 4. The SMILES string of the molecule is Cc1n[nH]c(C(=O)Nc2cnc(Nc3ccccc3)nc2)c1C. The minimum Gasteiger partial charge on any atom is -0.324 e. The Morgan fingerprint density at radius 1 is 1.04 bits per heavy atom. The summed E-state index contributed by atoms with van der Waals surface area (Å²) in [7, 11) is 0. The quantitative estimate of drug-likeness (QED) is 0.689. The molecule has 0 atom stereocenters. The number of rotatable bonds is 4. The largest absolute Gasteiger partial charge is 0.324 e. The Morgan fingerprint density at radius 3 is 2.35 bits per heavy atom. The van der Waals surface area contributed by atoms with Crippen molar-refractivity contribution in [2.45, 2.75) is 13.8 Å². The predicted octanol–water partition coefficient (Wildman–Crippen LogP) is 2.81. The van der Waals surface area contributed by atoms with Crippen molar-refractivity contribution in [3.63, 3.8) is 0 Å². The van der Waals surface area contributed by atoms with Gasteiger partial charge in [-0.15, -0.1) is 0 Å². The molecule has 0 radical (unpaired) electrons. The molecule has 0 unspecified atom stereocenters. The number of nitrogens with zero attached hydrogens (tertiary/aromatic N) is 3. The van der Waals surface area contributed by atoms with Crippen LogP contribution in [0, 0.1) is 13.8 Å². The van der Waals surface area contributed by atoms with Crippen molar-refractivity contribution >= 4 is 23.2 Å². The van der Waals surface area contributed by atoms with Gasteiger partial charge in [0.05, 0.1) is 23.8 Å². The van der Waals surface area contributed by atoms with E-state index in [1.165, 1.54) is 0 Å². The Kier molecular flexibility index (Phi) is 4.01. The molecular formula is C16H16N6O. The van der Waals surface area contributed by atoms with E-state index >= 15 is 0 Å². The van der Waals surface area contributed by atoms with Crippen molar-refractivity contribution in [2.75, 3.05) is 10.6 Å². The second-order valence-corrected chi connectivity index (χ2v) is 5.05. The molecule has 1 amide bonds. The molecule has 1 aromatic carbocycles. The first-order chi connectivity index (χ1) is 11.1. The molecule has 0 aliphatic rings. The average Bonchev–Trinajstić information content (AvgIpc) is 2.90. The third-order valence-corrected chi connectivity index (χ3v) is 3.42. The molecule has 116 valence electrons. The highest BCUT2D eigenvalue weighted by Crippen LogP contribution is 2.14. The molecule has 7 nitrogen and oxygen atoms in total. The molecule has 7 heteroatoms. The van der Waals surface area contributed by atoms with Gasteiger partial charge in [0.15, 0.2) is 0 Å². The zero-order valence-electron chi connectivity index (χ0n) is 12.8. The maximum Gasteiger partial charge on any atom is 0.274 e. The fraction of sp³-hybridized carbons (Fsp3) is 0.125. The van der Waals surface area contributed by atoms with Crippen LogP contribution in [0.4, 0.5) is 17.3 Å². The monoisotopic (exact) mass is 308 g/mol. The van der Waals surface area contributed by atoms with Gasteiger partial charge in [0, 0.05) is 11.3 Å². The lowest BCUT2D eigenvalue weighted by Crippen LogP contribution is -2.14. The van der Waals surface area contributed by atoms with Crippen LogP contribution < -0.4 is 10.6 Å². The summed E-state index contributed by atoms with van der Waals surface area (Å²) in [6.07, 6.45) is 3.10. The number of aromatic amines is 1. The summed E-state index contributed by atoms with van der Waals surface area (Å²) in [5, 5.41) is 12.6. The zero-order valence-corrected chi connectivity index (χ0v) is 12.8. The van der Waals surface area contributed by atoms with Gasteiger partial charge in [-0.2, -0.15) is 5.10 Å². The molecule has 0 spiro atoms. The lowest BCUT2D eigenvalue weighted by molar-refractivity contribution is 0.102. The van der Waals surface area contributed by atoms with Crippen LogP contribution in [0.15, 0.2) is 42.7 Å². The van der Waals surface area contributed by atoms with Crippen molar-refractivity contribution in [3.05, 3.63) is 59.7 Å². The van der Waals surface area contributed by atoms with Crippen molar-refractivity contribution in [3.8, 4) is 0 Å². The van der Waals surface area contributed by atoms with E-state index < -0.39 is 0 Å². The van der Waals surface area contributed by atoms with Crippen molar-refractivity contribution < 1.29 is 4.79 Å². The summed E-state index contributed by atoms with van der Waals surface area (Å²) in [6.45, 7) is 3.69. The van der Waals surface area contributed by atoms with E-state index in [0.29, 0.717) is 17.3 Å². The van der Waals surface area contributed by atoms with Crippen LogP contribution in [0.3, 0.4) is 0 Å². The van der Waals surface area contributed by atoms with Crippen LogP contribution in [0.25, 0.3) is 0 Å². The molecule has 0 aliphatic heterocycles. The number of para-hydroxylation sites is 1. The molecule has 2 aromatic heterocycles. The number of amides is 1. The lowest BCUT2D eigenvalue weighted by Gasteiger charge is -2.06. The zero-order chi connectivity index (χ0) is 16.2. The minimum absolute atomic E-state index is 0.268. The first kappa shape index (κ1) is 14.7. The standard InChI is InChI=1S/C16H16N6O/c1-10-11(2)21-22-14(10)15(23)19-13-8-17-16(18-9-13)20-12-6-4-3-5-7-12/h3-9H,1-2H3,(H,19,23)(H,21,22)(H,17,18,20). The maximum atomic E-state index is 12.2. The van der Waals surface area contributed by atoms with Crippen LogP contribution in [-0.4, -0.2) is 26.1 Å². The van der Waals surface area contributed by atoms with Gasteiger partial charge in [-0.3, -0.25) is 9.89 Å². The number of aryl methyl sites for hydroxylation is 1. The van der Waals surface area contributed by atoms with E-state index in [1.54, 1.807) is 12.4 Å². The number of hydrogen-bond acceptors (Lipinski definition) is 5. The fourth-order valence-electron chi connectivity index (χ4n) is 2.01. The highest BCUT2D eigenvalue weighted by atomic mass is 16.1. The van der Waals surface area contributed by atoms with Gasteiger partial charge < -0.3 is 10.6 Å². The van der Waals surface area contributed by atoms with Gasteiger partial charge in [0.2, 0.25) is 5.95 Å². The van der Waals surface area contributed by atoms with Gasteiger partial charge in [0.1, 0.15) is 5.69 Å². The van der Waals surface area contributed by atoms with Crippen molar-refractivity contribution in [2.24, 2.45) is 0 Å². The van der Waals surface area contributed by atoms with Gasteiger partial charge in [-0.1, -0.05) is 18.2 Å². The molecule has 0 saturated heterocycles. The van der Waals surface area contributed by atoms with Gasteiger partial charge in [0.25, 0.3) is 5.91 Å². The summed E-state index contributed by atoms with van der Waals surface area (Å²) in [5.74, 6) is 0.193. The summed E-state index contributed by atoms with van der Waals surface area (Å²) in [4.78, 5) is 20.5. The second-order valence-electron chi connectivity index (χ2n) is 5.05. The van der Waals surface area contributed by atoms with Crippen LogP contribution in [0.1, 0.15) is 21.7 Å². The van der Waals surface area contributed by atoms with Gasteiger partial charge >= 0.3 is 0 Å². The lowest BCUT2D eigenvalue weighted by atomic mass is 10.2. The third-order valence-electron chi connectivity index (χ3n) is 3.42. The molecular weight excluding hydrogens is 292 g/mol. The third kappa shape index (κ3) is 3.34. The number of hydrogen-bond donors (Lipinski definition) is 3. The van der Waals surface area contributed by atoms with E-state index in [0.717, 1.165) is 16.9 Å². The smallest absolute Gasteiger partial charge is 0.274 e. The average molecular weight is 308 g/mol. The Hall–Kier alpha value is -3.22. The van der Waals surface area contributed by atoms with E-state index in [-0.39, 0.29) is 5.91 Å². The summed E-state index contributed by atoms with van der Waals surface area (Å²) in [5.41, 5.74) is 3.47. The first-order valence-electron chi connectivity index (χ1n) is 7.10. The van der Waals surface area contributed by atoms with Crippen LogP contribution in [0.2, 0.25) is 0 Å². The number of anilines is 3. The molecule has 0 saturated carbocycles. The molecule has 0 bridgehead atoms. The van der Waals surface area contributed by atoms with Crippen LogP contribution in [0.5, 0.6) is 0 Å². The fourth-order valence-corrected chi connectivity index (χ4v) is 2.01. The van der Waals surface area contributed by atoms with Gasteiger partial charge in [-0.25, -0.2) is 9.97 Å². The number of carbonyl (C=O) groups is 1. The van der Waals surface area contributed by atoms with Crippen molar-refractivity contribution in [1.82, 2.24) is 20.2 Å². The normalized spacial score (nSPS) is 10.3. The van der Waals surface area contributed by atoms with Crippen LogP contribution >= 0.6 is 0 Å². The number of nitrogens with one attached hydrogen (secondary N) is 3. The highest BCUT2D eigenvalue weighted by molar-refractivity contribution is 6.03. The predicted molar refractivity (Wildman–Crippen MR) is 87.8 cm³/mol. The molecule has 3 aromatic rings. The maximum absolute atomic E-state index is 12.2. The Morgan fingerprint density at radius 2 is 1.74 bits per heavy atom. The highest BCUT2D eigenvalue weighted by Gasteiger charge is 2.14. The van der Waals surface area contributed by atoms with Crippen LogP contribution in [-0.2, 0) is 0 Å². The minimum atomic E-state index is -0.268. The number of H-pyrrole nitrogens is 1. The molecule has 0 fully saturated rings. The van der Waals surface area contributed by atoms with Gasteiger partial charge in [-0.05, 0) is 26.0 Å². The summed E-state index contributed by atoms with van der Waals surface area (Å²) < 4.78 is 0. The van der Waals surface area contributed by atoms with E-state index in [1.807, 2.05) is 44.2 Å². The first-order valence-corrected chi connectivity index (χ1v) is 7.10. The summed E-state index contributed by atoms with van der Waals surface area (Å²) in [6, 6.07) is 9.62. The number of carbonyl (C=O) groups excluding carboxylic acids is 1.